The number of nitrogens with zero attached hydrogens (tertiary/aromatic N) is 5. The highest BCUT2D eigenvalue weighted by Crippen LogP contribution is 2.14. The van der Waals surface area contributed by atoms with E-state index in [4.69, 9.17) is 0 Å². The molecule has 0 saturated carbocycles. The topological polar surface area (TPSA) is 70.4 Å². The van der Waals surface area contributed by atoms with Gasteiger partial charge in [0.15, 0.2) is 11.8 Å². The van der Waals surface area contributed by atoms with E-state index in [1.54, 1.807) is 0 Å². The van der Waals surface area contributed by atoms with Crippen molar-refractivity contribution in [2.75, 3.05) is 31.1 Å². The van der Waals surface area contributed by atoms with Gasteiger partial charge in [-0.25, -0.2) is 4.99 Å². The third-order valence-corrected chi connectivity index (χ3v) is 4.40. The van der Waals surface area contributed by atoms with Gasteiger partial charge in [0.05, 0.1) is 0 Å². The van der Waals surface area contributed by atoms with E-state index in [2.05, 4.69) is 75.4 Å². The van der Waals surface area contributed by atoms with Crippen molar-refractivity contribution < 1.29 is 0 Å². The van der Waals surface area contributed by atoms with Crippen LogP contribution < -0.4 is 15.5 Å². The minimum absolute atomic E-state index is 0.471. The number of rotatable bonds is 9. The van der Waals surface area contributed by atoms with E-state index in [0.29, 0.717) is 13.1 Å². The predicted molar refractivity (Wildman–Crippen MR) is 112 cm³/mol. The third-order valence-electron chi connectivity index (χ3n) is 4.40. The molecular formula is C20H31N7. The number of aromatic nitrogens is 3. The van der Waals surface area contributed by atoms with Gasteiger partial charge in [0.25, 0.3) is 0 Å². The zero-order chi connectivity index (χ0) is 19.6. The van der Waals surface area contributed by atoms with Crippen molar-refractivity contribution in [3.8, 4) is 0 Å². The van der Waals surface area contributed by atoms with Crippen LogP contribution in [0.15, 0.2) is 41.9 Å². The first-order chi connectivity index (χ1) is 13.0. The van der Waals surface area contributed by atoms with Crippen molar-refractivity contribution in [2.45, 2.75) is 27.3 Å². The number of hydrogen-bond donors (Lipinski definition) is 2. The summed E-state index contributed by atoms with van der Waals surface area (Å²) in [6.45, 7) is 13.7. The Hall–Kier alpha value is -2.83. The van der Waals surface area contributed by atoms with Crippen molar-refractivity contribution in [3.63, 3.8) is 0 Å². The first kappa shape index (κ1) is 20.5. The molecule has 146 valence electrons. The third kappa shape index (κ3) is 6.13. The first-order valence-electron chi connectivity index (χ1n) is 9.34. The molecule has 2 rings (SSSR count). The van der Waals surface area contributed by atoms with Crippen molar-refractivity contribution in [3.05, 3.63) is 54.1 Å². The maximum atomic E-state index is 4.62. The lowest BCUT2D eigenvalue weighted by atomic mass is 10.2. The fraction of sp³-hybridized carbons (Fsp3) is 0.450. The normalized spacial score (nSPS) is 11.3. The van der Waals surface area contributed by atoms with E-state index in [1.807, 2.05) is 24.6 Å². The molecule has 1 aromatic carbocycles. The second kappa shape index (κ2) is 10.4. The Morgan fingerprint density at radius 2 is 2.11 bits per heavy atom. The second-order valence-electron chi connectivity index (χ2n) is 6.40. The SMILES string of the molecule is C=CCNC(=NCc1nnc(C)n1C)NCCN(CC)c1cccc(C)c1. The lowest BCUT2D eigenvalue weighted by Gasteiger charge is -2.24. The number of aliphatic imine (C=N–C) groups is 1. The van der Waals surface area contributed by atoms with Gasteiger partial charge in [0.2, 0.25) is 0 Å². The van der Waals surface area contributed by atoms with E-state index in [0.717, 1.165) is 37.2 Å². The quantitative estimate of drug-likeness (QED) is 0.403. The second-order valence-corrected chi connectivity index (χ2v) is 6.40. The minimum atomic E-state index is 0.471. The summed E-state index contributed by atoms with van der Waals surface area (Å²) in [5.41, 5.74) is 2.51. The first-order valence-corrected chi connectivity index (χ1v) is 9.34. The Morgan fingerprint density at radius 3 is 2.74 bits per heavy atom. The highest BCUT2D eigenvalue weighted by molar-refractivity contribution is 5.79. The molecular weight excluding hydrogens is 338 g/mol. The van der Waals surface area contributed by atoms with E-state index in [-0.39, 0.29) is 0 Å². The lowest BCUT2D eigenvalue weighted by Crippen LogP contribution is -2.41. The average Bonchev–Trinajstić information content (AvgIpc) is 2.98. The highest BCUT2D eigenvalue weighted by Gasteiger charge is 2.07. The molecule has 0 fully saturated rings. The van der Waals surface area contributed by atoms with Gasteiger partial charge in [-0.3, -0.25) is 0 Å². The van der Waals surface area contributed by atoms with E-state index in [1.165, 1.54) is 11.3 Å². The van der Waals surface area contributed by atoms with Gasteiger partial charge in [-0.1, -0.05) is 18.2 Å². The molecule has 2 N–H and O–H groups in total. The Labute approximate surface area is 162 Å². The van der Waals surface area contributed by atoms with Gasteiger partial charge < -0.3 is 20.1 Å². The molecule has 0 saturated heterocycles. The van der Waals surface area contributed by atoms with Crippen LogP contribution in [-0.2, 0) is 13.6 Å². The van der Waals surface area contributed by atoms with Gasteiger partial charge in [0, 0.05) is 38.9 Å². The molecule has 0 radical (unpaired) electrons. The Kier molecular flexibility index (Phi) is 7.85. The standard InChI is InChI=1S/C20H31N7/c1-6-11-21-20(23-15-19-25-24-17(4)26(19)5)22-12-13-27(7-2)18-10-8-9-16(3)14-18/h6,8-10,14H,1,7,11-13,15H2,2-5H3,(H2,21,22,23). The van der Waals surface area contributed by atoms with Crippen molar-refractivity contribution in [1.82, 2.24) is 25.4 Å². The van der Waals surface area contributed by atoms with Crippen LogP contribution >= 0.6 is 0 Å². The molecule has 1 aromatic heterocycles. The molecule has 0 bridgehead atoms. The molecule has 7 nitrogen and oxygen atoms in total. The summed E-state index contributed by atoms with van der Waals surface area (Å²) < 4.78 is 1.95. The van der Waals surface area contributed by atoms with Crippen LogP contribution in [0.5, 0.6) is 0 Å². The van der Waals surface area contributed by atoms with Crippen LogP contribution in [0.2, 0.25) is 0 Å². The number of likely N-dealkylation sites (N-methyl/N-ethyl adjacent to an activating group) is 1. The van der Waals surface area contributed by atoms with Crippen LogP contribution in [0.4, 0.5) is 5.69 Å². The predicted octanol–water partition coefficient (Wildman–Crippen LogP) is 2.18. The Morgan fingerprint density at radius 1 is 1.30 bits per heavy atom. The van der Waals surface area contributed by atoms with Gasteiger partial charge in [-0.2, -0.15) is 0 Å². The van der Waals surface area contributed by atoms with Gasteiger partial charge in [-0.05, 0) is 38.5 Å². The smallest absolute Gasteiger partial charge is 0.192 e. The van der Waals surface area contributed by atoms with Crippen molar-refractivity contribution in [1.29, 1.82) is 0 Å². The summed E-state index contributed by atoms with van der Waals surface area (Å²) in [4.78, 5) is 6.96. The maximum absolute atomic E-state index is 4.62. The summed E-state index contributed by atoms with van der Waals surface area (Å²) in [5.74, 6) is 2.46. The molecule has 0 spiro atoms. The number of benzene rings is 1. The van der Waals surface area contributed by atoms with Gasteiger partial charge in [0.1, 0.15) is 12.4 Å². The van der Waals surface area contributed by atoms with Crippen molar-refractivity contribution >= 4 is 11.6 Å². The van der Waals surface area contributed by atoms with E-state index >= 15 is 0 Å². The number of guanidine groups is 1. The van der Waals surface area contributed by atoms with Gasteiger partial charge in [-0.15, -0.1) is 16.8 Å². The van der Waals surface area contributed by atoms with Crippen LogP contribution in [0.25, 0.3) is 0 Å². The fourth-order valence-electron chi connectivity index (χ4n) is 2.69. The number of anilines is 1. The zero-order valence-corrected chi connectivity index (χ0v) is 16.9. The largest absolute Gasteiger partial charge is 0.370 e. The number of aryl methyl sites for hydroxylation is 2. The molecule has 0 atom stereocenters. The molecule has 27 heavy (non-hydrogen) atoms. The molecule has 2 aromatic rings. The summed E-state index contributed by atoms with van der Waals surface area (Å²) in [6.07, 6.45) is 1.81. The number of nitrogens with one attached hydrogen (secondary N) is 2. The summed E-state index contributed by atoms with van der Waals surface area (Å²) in [7, 11) is 1.95. The molecule has 0 aliphatic heterocycles. The fourth-order valence-corrected chi connectivity index (χ4v) is 2.69. The minimum Gasteiger partial charge on any atom is -0.370 e. The Balaban J connectivity index is 1.95. The van der Waals surface area contributed by atoms with Crippen LogP contribution in [0.1, 0.15) is 24.1 Å². The average molecular weight is 370 g/mol. The summed E-state index contributed by atoms with van der Waals surface area (Å²) >= 11 is 0. The highest BCUT2D eigenvalue weighted by atomic mass is 15.3. The lowest BCUT2D eigenvalue weighted by molar-refractivity contribution is 0.741. The Bertz CT molecular complexity index is 763. The van der Waals surface area contributed by atoms with Crippen LogP contribution in [0, 0.1) is 13.8 Å². The maximum Gasteiger partial charge on any atom is 0.192 e. The monoisotopic (exact) mass is 369 g/mol. The van der Waals surface area contributed by atoms with Gasteiger partial charge >= 0.3 is 0 Å². The van der Waals surface area contributed by atoms with Crippen LogP contribution in [0.3, 0.4) is 0 Å². The molecule has 0 aliphatic rings. The van der Waals surface area contributed by atoms with E-state index < -0.39 is 0 Å². The van der Waals surface area contributed by atoms with Crippen molar-refractivity contribution in [2.24, 2.45) is 12.0 Å². The summed E-state index contributed by atoms with van der Waals surface area (Å²) in [5, 5.41) is 14.9. The molecule has 7 heteroatoms. The number of hydrogen-bond acceptors (Lipinski definition) is 4. The van der Waals surface area contributed by atoms with Crippen LogP contribution in [-0.4, -0.2) is 46.9 Å². The zero-order valence-electron chi connectivity index (χ0n) is 16.9. The molecule has 0 aliphatic carbocycles. The van der Waals surface area contributed by atoms with E-state index in [9.17, 15) is 0 Å². The molecule has 0 amide bonds. The molecule has 0 unspecified atom stereocenters. The molecule has 1 heterocycles. The summed E-state index contributed by atoms with van der Waals surface area (Å²) in [6, 6.07) is 8.58.